The minimum atomic E-state index is -0.474. The summed E-state index contributed by atoms with van der Waals surface area (Å²) in [5, 5.41) is 0. The van der Waals surface area contributed by atoms with Gasteiger partial charge in [0.15, 0.2) is 5.78 Å². The lowest BCUT2D eigenvalue weighted by Crippen LogP contribution is -2.36. The zero-order valence-corrected chi connectivity index (χ0v) is 13.8. The zero-order valence-electron chi connectivity index (χ0n) is 13.8. The van der Waals surface area contributed by atoms with Crippen LogP contribution in [0.25, 0.3) is 0 Å². The molecule has 0 spiro atoms. The quantitative estimate of drug-likeness (QED) is 0.684. The average molecular weight is 336 g/mol. The van der Waals surface area contributed by atoms with Crippen molar-refractivity contribution < 1.29 is 9.53 Å². The molecule has 0 aliphatic rings. The molecule has 0 atom stereocenters. The maximum atomic E-state index is 12.4. The second-order valence-electron chi connectivity index (χ2n) is 5.54. The van der Waals surface area contributed by atoms with Gasteiger partial charge in [-0.05, 0) is 24.3 Å². The van der Waals surface area contributed by atoms with Crippen LogP contribution in [0.5, 0.6) is 11.6 Å². The first-order chi connectivity index (χ1) is 12.0. The predicted octanol–water partition coefficient (Wildman–Crippen LogP) is 2.11. The maximum absolute atomic E-state index is 12.4. The SMILES string of the molecule is Cn1c(Oc2ccc(C(=O)c3ccccc3)cc2)cc(=O)n(C)c1=O. The van der Waals surface area contributed by atoms with E-state index in [4.69, 9.17) is 4.74 Å². The topological polar surface area (TPSA) is 70.3 Å². The number of carbonyl (C=O) groups excluding carboxylic acids is 1. The molecule has 6 heteroatoms. The average Bonchev–Trinajstić information content (AvgIpc) is 2.65. The van der Waals surface area contributed by atoms with Crippen molar-refractivity contribution in [2.24, 2.45) is 14.1 Å². The number of ketones is 1. The van der Waals surface area contributed by atoms with E-state index in [1.54, 1.807) is 48.5 Å². The molecule has 0 unspecified atom stereocenters. The Morgan fingerprint density at radius 3 is 2.08 bits per heavy atom. The summed E-state index contributed by atoms with van der Waals surface area (Å²) in [5.41, 5.74) is 0.203. The Morgan fingerprint density at radius 1 is 0.840 bits per heavy atom. The molecule has 0 amide bonds. The van der Waals surface area contributed by atoms with Crippen molar-refractivity contribution in [3.8, 4) is 11.6 Å². The summed E-state index contributed by atoms with van der Waals surface area (Å²) in [5.74, 6) is 0.469. The van der Waals surface area contributed by atoms with Crippen LogP contribution in [0, 0.1) is 0 Å². The molecule has 1 heterocycles. The molecule has 0 bridgehead atoms. The first kappa shape index (κ1) is 16.4. The Hall–Kier alpha value is -3.41. The lowest BCUT2D eigenvalue weighted by molar-refractivity contribution is 0.103. The number of ether oxygens (including phenoxy) is 1. The fourth-order valence-corrected chi connectivity index (χ4v) is 2.36. The summed E-state index contributed by atoms with van der Waals surface area (Å²) in [4.78, 5) is 36.0. The van der Waals surface area contributed by atoms with Gasteiger partial charge in [-0.15, -0.1) is 0 Å². The highest BCUT2D eigenvalue weighted by Gasteiger charge is 2.10. The van der Waals surface area contributed by atoms with E-state index < -0.39 is 11.2 Å². The van der Waals surface area contributed by atoms with Crippen LogP contribution in [0.2, 0.25) is 0 Å². The largest absolute Gasteiger partial charge is 0.440 e. The fourth-order valence-electron chi connectivity index (χ4n) is 2.36. The molecule has 2 aromatic carbocycles. The van der Waals surface area contributed by atoms with E-state index >= 15 is 0 Å². The summed E-state index contributed by atoms with van der Waals surface area (Å²) in [6.07, 6.45) is 0. The van der Waals surface area contributed by atoms with Gasteiger partial charge in [0.2, 0.25) is 5.88 Å². The van der Waals surface area contributed by atoms with Crippen molar-refractivity contribution in [3.05, 3.63) is 92.6 Å². The van der Waals surface area contributed by atoms with Crippen LogP contribution in [0.1, 0.15) is 15.9 Å². The Kier molecular flexibility index (Phi) is 4.35. The van der Waals surface area contributed by atoms with E-state index in [2.05, 4.69) is 0 Å². The van der Waals surface area contributed by atoms with Crippen molar-refractivity contribution in [1.82, 2.24) is 9.13 Å². The lowest BCUT2D eigenvalue weighted by atomic mass is 10.0. The third kappa shape index (κ3) is 3.28. The zero-order chi connectivity index (χ0) is 18.0. The van der Waals surface area contributed by atoms with Gasteiger partial charge in [0.25, 0.3) is 5.56 Å². The first-order valence-electron chi connectivity index (χ1n) is 7.62. The number of hydrogen-bond acceptors (Lipinski definition) is 4. The summed E-state index contributed by atoms with van der Waals surface area (Å²) >= 11 is 0. The second-order valence-corrected chi connectivity index (χ2v) is 5.54. The van der Waals surface area contributed by atoms with E-state index in [1.807, 2.05) is 6.07 Å². The highest BCUT2D eigenvalue weighted by molar-refractivity contribution is 6.08. The second kappa shape index (κ2) is 6.60. The van der Waals surface area contributed by atoms with E-state index in [0.717, 1.165) is 4.57 Å². The highest BCUT2D eigenvalue weighted by Crippen LogP contribution is 2.20. The van der Waals surface area contributed by atoms with Gasteiger partial charge in [0.05, 0.1) is 6.07 Å². The van der Waals surface area contributed by atoms with E-state index in [-0.39, 0.29) is 11.7 Å². The van der Waals surface area contributed by atoms with Crippen LogP contribution in [0.15, 0.2) is 70.3 Å². The number of benzene rings is 2. The molecule has 0 aliphatic heterocycles. The summed E-state index contributed by atoms with van der Waals surface area (Å²) in [6, 6.07) is 16.7. The minimum Gasteiger partial charge on any atom is -0.440 e. The Bertz CT molecular complexity index is 1030. The maximum Gasteiger partial charge on any atom is 0.333 e. The molecule has 3 rings (SSSR count). The molecule has 0 aliphatic carbocycles. The third-order valence-corrected chi connectivity index (χ3v) is 3.86. The minimum absolute atomic E-state index is 0.0897. The Labute approximate surface area is 143 Å². The molecule has 0 fully saturated rings. The van der Waals surface area contributed by atoms with Gasteiger partial charge in [-0.3, -0.25) is 18.7 Å². The van der Waals surface area contributed by atoms with E-state index in [1.165, 1.54) is 24.7 Å². The van der Waals surface area contributed by atoms with Crippen molar-refractivity contribution in [2.75, 3.05) is 0 Å². The number of nitrogens with zero attached hydrogens (tertiary/aromatic N) is 2. The van der Waals surface area contributed by atoms with Gasteiger partial charge >= 0.3 is 5.69 Å². The summed E-state index contributed by atoms with van der Waals surface area (Å²) in [6.45, 7) is 0. The fraction of sp³-hybridized carbons (Fsp3) is 0.105. The van der Waals surface area contributed by atoms with Crippen LogP contribution >= 0.6 is 0 Å². The molecule has 0 N–H and O–H groups in total. The van der Waals surface area contributed by atoms with Gasteiger partial charge in [-0.25, -0.2) is 4.79 Å². The molecule has 126 valence electrons. The third-order valence-electron chi connectivity index (χ3n) is 3.86. The molecule has 0 saturated heterocycles. The first-order valence-corrected chi connectivity index (χ1v) is 7.62. The highest BCUT2D eigenvalue weighted by atomic mass is 16.5. The van der Waals surface area contributed by atoms with Crippen LogP contribution < -0.4 is 16.0 Å². The number of carbonyl (C=O) groups is 1. The molecule has 6 nitrogen and oxygen atoms in total. The molecule has 25 heavy (non-hydrogen) atoms. The van der Waals surface area contributed by atoms with E-state index in [0.29, 0.717) is 16.9 Å². The molecule has 1 aromatic heterocycles. The van der Waals surface area contributed by atoms with E-state index in [9.17, 15) is 14.4 Å². The van der Waals surface area contributed by atoms with Crippen molar-refractivity contribution in [2.45, 2.75) is 0 Å². The van der Waals surface area contributed by atoms with Gasteiger partial charge in [-0.2, -0.15) is 0 Å². The number of aromatic nitrogens is 2. The van der Waals surface area contributed by atoms with Crippen molar-refractivity contribution in [3.63, 3.8) is 0 Å². The van der Waals surface area contributed by atoms with Gasteiger partial charge < -0.3 is 4.74 Å². The van der Waals surface area contributed by atoms with Crippen LogP contribution in [-0.2, 0) is 14.1 Å². The van der Waals surface area contributed by atoms with Gasteiger partial charge in [-0.1, -0.05) is 30.3 Å². The Balaban J connectivity index is 1.86. The summed E-state index contributed by atoms with van der Waals surface area (Å²) < 4.78 is 7.84. The van der Waals surface area contributed by atoms with Crippen molar-refractivity contribution >= 4 is 5.78 Å². The predicted molar refractivity (Wildman–Crippen MR) is 93.3 cm³/mol. The lowest BCUT2D eigenvalue weighted by Gasteiger charge is -2.11. The molecule has 0 radical (unpaired) electrons. The van der Waals surface area contributed by atoms with Crippen LogP contribution in [0.3, 0.4) is 0 Å². The van der Waals surface area contributed by atoms with Gasteiger partial charge in [0.1, 0.15) is 5.75 Å². The van der Waals surface area contributed by atoms with Crippen molar-refractivity contribution in [1.29, 1.82) is 0 Å². The monoisotopic (exact) mass is 336 g/mol. The Morgan fingerprint density at radius 2 is 1.44 bits per heavy atom. The van der Waals surface area contributed by atoms with Crippen LogP contribution in [-0.4, -0.2) is 14.9 Å². The smallest absolute Gasteiger partial charge is 0.333 e. The molecule has 0 saturated carbocycles. The normalized spacial score (nSPS) is 10.5. The molecular weight excluding hydrogens is 320 g/mol. The molecule has 3 aromatic rings. The number of rotatable bonds is 4. The molecular formula is C19H16N2O4. The van der Waals surface area contributed by atoms with Crippen LogP contribution in [0.4, 0.5) is 0 Å². The number of hydrogen-bond donors (Lipinski definition) is 0. The summed E-state index contributed by atoms with van der Waals surface area (Å²) in [7, 11) is 2.92. The van der Waals surface area contributed by atoms with Gasteiger partial charge in [0, 0.05) is 25.2 Å². The standard InChI is InChI=1S/C19H16N2O4/c1-20-16(22)12-17(21(2)19(20)24)25-15-10-8-14(9-11-15)18(23)13-6-4-3-5-7-13/h3-12H,1-2H3.